The van der Waals surface area contributed by atoms with Crippen molar-refractivity contribution < 1.29 is 22.1 Å². The first-order chi connectivity index (χ1) is 7.51. The number of hydrogen-bond donors (Lipinski definition) is 0. The van der Waals surface area contributed by atoms with Crippen LogP contribution in [0.2, 0.25) is 0 Å². The lowest BCUT2D eigenvalue weighted by molar-refractivity contribution is 0.112. The Morgan fingerprint density at radius 2 is 2.12 bits per heavy atom. The number of carbonyl (C=O) groups is 1. The molecular formula is C9H11NO5S. The molecule has 0 unspecified atom stereocenters. The van der Waals surface area contributed by atoms with Crippen LogP contribution < -0.4 is 4.74 Å². The number of rotatable bonds is 6. The second-order valence-electron chi connectivity index (χ2n) is 2.92. The Hall–Kier alpha value is -1.47. The second kappa shape index (κ2) is 5.57. The van der Waals surface area contributed by atoms with Gasteiger partial charge in [-0.2, -0.15) is 8.42 Å². The van der Waals surface area contributed by atoms with Gasteiger partial charge in [0.2, 0.25) is 5.88 Å². The lowest BCUT2D eigenvalue weighted by atomic mass is 10.3. The summed E-state index contributed by atoms with van der Waals surface area (Å²) in [6, 6.07) is 3.07. The molecule has 0 aliphatic rings. The maximum atomic E-state index is 10.6. The van der Waals surface area contributed by atoms with Gasteiger partial charge in [-0.3, -0.25) is 8.98 Å². The quantitative estimate of drug-likeness (QED) is 0.406. The minimum Gasteiger partial charge on any atom is -0.475 e. The topological polar surface area (TPSA) is 82.6 Å². The third-order valence-electron chi connectivity index (χ3n) is 1.53. The first kappa shape index (κ1) is 12.6. The third-order valence-corrected chi connectivity index (χ3v) is 2.12. The van der Waals surface area contributed by atoms with Gasteiger partial charge in [0.1, 0.15) is 13.2 Å². The molecule has 0 saturated heterocycles. The largest absolute Gasteiger partial charge is 0.475 e. The van der Waals surface area contributed by atoms with E-state index in [0.717, 1.165) is 6.26 Å². The van der Waals surface area contributed by atoms with E-state index in [1.807, 2.05) is 0 Å². The van der Waals surface area contributed by atoms with Gasteiger partial charge >= 0.3 is 0 Å². The molecule has 0 aliphatic heterocycles. The number of nitrogens with zero attached hydrogens (tertiary/aromatic N) is 1. The van der Waals surface area contributed by atoms with E-state index >= 15 is 0 Å². The summed E-state index contributed by atoms with van der Waals surface area (Å²) in [5, 5.41) is 0. The van der Waals surface area contributed by atoms with Gasteiger partial charge in [0.15, 0.2) is 6.29 Å². The first-order valence-corrected chi connectivity index (χ1v) is 6.21. The van der Waals surface area contributed by atoms with Crippen LogP contribution in [0.3, 0.4) is 0 Å². The zero-order valence-electron chi connectivity index (χ0n) is 8.62. The molecule has 0 N–H and O–H groups in total. The fourth-order valence-electron chi connectivity index (χ4n) is 0.878. The van der Waals surface area contributed by atoms with Crippen LogP contribution in [0.4, 0.5) is 0 Å². The van der Waals surface area contributed by atoms with Gasteiger partial charge in [-0.1, -0.05) is 0 Å². The molecule has 1 rings (SSSR count). The number of pyridine rings is 1. The predicted molar refractivity (Wildman–Crippen MR) is 55.9 cm³/mol. The van der Waals surface area contributed by atoms with Crippen molar-refractivity contribution in [3.63, 3.8) is 0 Å². The minimum atomic E-state index is -3.44. The molecule has 1 aromatic heterocycles. The lowest BCUT2D eigenvalue weighted by Crippen LogP contribution is -2.11. The highest BCUT2D eigenvalue weighted by atomic mass is 32.2. The molecule has 0 aliphatic carbocycles. The summed E-state index contributed by atoms with van der Waals surface area (Å²) in [5.41, 5.74) is 0.444. The third kappa shape index (κ3) is 4.85. The summed E-state index contributed by atoms with van der Waals surface area (Å²) >= 11 is 0. The van der Waals surface area contributed by atoms with Crippen molar-refractivity contribution in [2.75, 3.05) is 19.5 Å². The van der Waals surface area contributed by atoms with Crippen molar-refractivity contribution in [2.24, 2.45) is 0 Å². The van der Waals surface area contributed by atoms with Crippen molar-refractivity contribution in [3.05, 3.63) is 23.9 Å². The molecule has 0 radical (unpaired) electrons. The van der Waals surface area contributed by atoms with Crippen LogP contribution in [-0.4, -0.2) is 39.2 Å². The van der Waals surface area contributed by atoms with Crippen molar-refractivity contribution >= 4 is 16.4 Å². The van der Waals surface area contributed by atoms with Gasteiger partial charge in [-0.15, -0.1) is 0 Å². The highest BCUT2D eigenvalue weighted by Gasteiger charge is 2.01. The molecule has 0 saturated carbocycles. The normalized spacial score (nSPS) is 11.1. The van der Waals surface area contributed by atoms with Crippen LogP contribution in [-0.2, 0) is 14.3 Å². The van der Waals surface area contributed by atoms with Crippen LogP contribution in [0.25, 0.3) is 0 Å². The molecule has 7 heteroatoms. The lowest BCUT2D eigenvalue weighted by Gasteiger charge is -2.04. The van der Waals surface area contributed by atoms with E-state index in [-0.39, 0.29) is 13.2 Å². The van der Waals surface area contributed by atoms with Gasteiger partial charge < -0.3 is 4.74 Å². The maximum absolute atomic E-state index is 10.6. The van der Waals surface area contributed by atoms with E-state index in [4.69, 9.17) is 4.74 Å². The van der Waals surface area contributed by atoms with Crippen LogP contribution >= 0.6 is 0 Å². The van der Waals surface area contributed by atoms with E-state index in [2.05, 4.69) is 9.17 Å². The number of aromatic nitrogens is 1. The number of ether oxygens (including phenoxy) is 1. The summed E-state index contributed by atoms with van der Waals surface area (Å²) in [5.74, 6) is 0.308. The van der Waals surface area contributed by atoms with Crippen LogP contribution in [0.1, 0.15) is 10.4 Å². The summed E-state index contributed by atoms with van der Waals surface area (Å²) < 4.78 is 30.7. The van der Waals surface area contributed by atoms with Gasteiger partial charge in [-0.25, -0.2) is 4.98 Å². The number of aldehydes is 1. The molecule has 16 heavy (non-hydrogen) atoms. The Balaban J connectivity index is 2.35. The molecule has 0 amide bonds. The van der Waals surface area contributed by atoms with Gasteiger partial charge in [-0.05, 0) is 6.07 Å². The average Bonchev–Trinajstić information content (AvgIpc) is 2.24. The van der Waals surface area contributed by atoms with Crippen LogP contribution in [0.5, 0.6) is 5.88 Å². The summed E-state index contributed by atoms with van der Waals surface area (Å²) in [4.78, 5) is 14.1. The van der Waals surface area contributed by atoms with Gasteiger partial charge in [0.05, 0.1) is 6.26 Å². The van der Waals surface area contributed by atoms with Crippen molar-refractivity contribution in [3.8, 4) is 5.88 Å². The first-order valence-electron chi connectivity index (χ1n) is 4.40. The predicted octanol–water partition coefficient (Wildman–Crippen LogP) is 0.249. The minimum absolute atomic E-state index is 0.0699. The van der Waals surface area contributed by atoms with Gasteiger partial charge in [0, 0.05) is 17.8 Å². The number of carbonyl (C=O) groups excluding carboxylic acids is 1. The van der Waals surface area contributed by atoms with Crippen molar-refractivity contribution in [2.45, 2.75) is 0 Å². The van der Waals surface area contributed by atoms with E-state index in [9.17, 15) is 13.2 Å². The number of hydrogen-bond acceptors (Lipinski definition) is 6. The molecule has 0 bridgehead atoms. The molecule has 0 aromatic carbocycles. The summed E-state index contributed by atoms with van der Waals surface area (Å²) in [6.45, 7) is -0.00352. The molecule has 0 atom stereocenters. The Morgan fingerprint density at radius 1 is 1.38 bits per heavy atom. The molecule has 6 nitrogen and oxygen atoms in total. The molecule has 1 aromatic rings. The highest BCUT2D eigenvalue weighted by molar-refractivity contribution is 7.85. The maximum Gasteiger partial charge on any atom is 0.264 e. The zero-order valence-corrected chi connectivity index (χ0v) is 9.44. The van der Waals surface area contributed by atoms with E-state index in [1.165, 1.54) is 12.3 Å². The second-order valence-corrected chi connectivity index (χ2v) is 4.57. The van der Waals surface area contributed by atoms with Crippen molar-refractivity contribution in [1.82, 2.24) is 4.98 Å². The SMILES string of the molecule is CS(=O)(=O)OCCOc1ccc(C=O)cn1. The van der Waals surface area contributed by atoms with Crippen LogP contribution in [0.15, 0.2) is 18.3 Å². The Labute approximate surface area is 93.3 Å². The van der Waals surface area contributed by atoms with Gasteiger partial charge in [0.25, 0.3) is 10.1 Å². The smallest absolute Gasteiger partial charge is 0.264 e. The van der Waals surface area contributed by atoms with E-state index < -0.39 is 10.1 Å². The van der Waals surface area contributed by atoms with Crippen LogP contribution in [0, 0.1) is 0 Å². The molecule has 0 fully saturated rings. The monoisotopic (exact) mass is 245 g/mol. The summed E-state index contributed by atoms with van der Waals surface area (Å²) in [7, 11) is -3.44. The molecule has 0 spiro atoms. The Kier molecular flexibility index (Phi) is 4.39. The van der Waals surface area contributed by atoms with Crippen molar-refractivity contribution in [1.29, 1.82) is 0 Å². The fourth-order valence-corrected chi connectivity index (χ4v) is 1.25. The average molecular weight is 245 g/mol. The van der Waals surface area contributed by atoms with E-state index in [0.29, 0.717) is 17.7 Å². The summed E-state index contributed by atoms with van der Waals surface area (Å²) in [6.07, 6.45) is 2.99. The molecular weight excluding hydrogens is 234 g/mol. The standard InChI is InChI=1S/C9H11NO5S/c1-16(12,13)15-5-4-14-9-3-2-8(7-11)6-10-9/h2-3,6-7H,4-5H2,1H3. The highest BCUT2D eigenvalue weighted by Crippen LogP contribution is 2.05. The molecule has 1 heterocycles. The van der Waals surface area contributed by atoms with E-state index in [1.54, 1.807) is 6.07 Å². The zero-order chi connectivity index (χ0) is 12.0. The Bertz CT molecular complexity index is 439. The molecule has 88 valence electrons. The fraction of sp³-hybridized carbons (Fsp3) is 0.333. The Morgan fingerprint density at radius 3 is 2.62 bits per heavy atom.